The van der Waals surface area contributed by atoms with Crippen molar-refractivity contribution >= 4 is 10.3 Å². The van der Waals surface area contributed by atoms with Gasteiger partial charge in [0.05, 0.1) is 0 Å². The summed E-state index contributed by atoms with van der Waals surface area (Å²) >= 11 is 0. The Bertz CT molecular complexity index is 187. The summed E-state index contributed by atoms with van der Waals surface area (Å²) in [5, 5.41) is 0. The summed E-state index contributed by atoms with van der Waals surface area (Å²) in [5.41, 5.74) is 7.28. The molecule has 0 amide bonds. The van der Waals surface area contributed by atoms with E-state index in [1.807, 2.05) is 4.52 Å². The molecule has 0 bridgehead atoms. The maximum atomic E-state index is 9.26. The maximum absolute atomic E-state index is 9.26. The largest absolute Gasteiger partial charge is 1.00 e. The average Bonchev–Trinajstić information content (AvgIpc) is 1.30. The molecule has 8 heteroatoms. The summed E-state index contributed by atoms with van der Waals surface area (Å²) in [7, 11) is -4.72. The Hall–Kier alpha value is 0.220. The number of nitrogens with zero attached hydrogens (tertiary/aromatic N) is 3. The van der Waals surface area contributed by atoms with E-state index in [2.05, 4.69) is 0 Å². The number of azide groups is 1. The summed E-state index contributed by atoms with van der Waals surface area (Å²) < 4.78 is 29.6. The number of rotatable bonds is 1. The van der Waals surface area contributed by atoms with Crippen LogP contribution in [0.15, 0.2) is 4.52 Å². The van der Waals surface area contributed by atoms with Crippen LogP contribution in [0.4, 0.5) is 0 Å². The molecule has 0 aromatic rings. The Balaban J connectivity index is 0. The summed E-state index contributed by atoms with van der Waals surface area (Å²) in [6.07, 6.45) is 0. The molecule has 8 heavy (non-hydrogen) atoms. The molecule has 0 heterocycles. The minimum absolute atomic E-state index is 0. The smallest absolute Gasteiger partial charge is 0.742 e. The van der Waals surface area contributed by atoms with E-state index in [0.717, 1.165) is 0 Å². The summed E-state index contributed by atoms with van der Waals surface area (Å²) in [6, 6.07) is 0. The molecule has 0 rings (SSSR count). The molecule has 0 saturated carbocycles. The van der Waals surface area contributed by atoms with Gasteiger partial charge in [0.2, 0.25) is 0 Å². The second kappa shape index (κ2) is 4.13. The van der Waals surface area contributed by atoms with E-state index >= 15 is 0 Å². The van der Waals surface area contributed by atoms with Crippen LogP contribution in [0, 0.1) is 0 Å². The van der Waals surface area contributed by atoms with E-state index < -0.39 is 10.3 Å². The van der Waals surface area contributed by atoms with Crippen LogP contribution in [0.2, 0.25) is 0 Å². The van der Waals surface area contributed by atoms with Gasteiger partial charge in [-0.2, -0.15) is 0 Å². The second-order valence-corrected chi connectivity index (χ2v) is 1.62. The Morgan fingerprint density at radius 3 is 2.00 bits per heavy atom. The predicted octanol–water partition coefficient (Wildman–Crippen LogP) is -3.24. The quantitative estimate of drug-likeness (QED) is 0.127. The normalized spacial score (nSPS) is 8.62. The van der Waals surface area contributed by atoms with Gasteiger partial charge in [0.1, 0.15) is 0 Å². The molecule has 0 radical (unpaired) electrons. The Morgan fingerprint density at radius 1 is 1.62 bits per heavy atom. The molecule has 0 unspecified atom stereocenters. The monoisotopic (exact) mass is 145 g/mol. The van der Waals surface area contributed by atoms with Crippen molar-refractivity contribution in [3.8, 4) is 0 Å². The van der Waals surface area contributed by atoms with E-state index in [-0.39, 0.29) is 29.6 Å². The molecule has 0 spiro atoms. The van der Waals surface area contributed by atoms with Crippen molar-refractivity contribution < 1.29 is 42.5 Å². The van der Waals surface area contributed by atoms with Crippen LogP contribution in [0.3, 0.4) is 0 Å². The van der Waals surface area contributed by atoms with Gasteiger partial charge in [-0.05, 0) is 5.53 Å². The standard InChI is InChI=1S/HN3O3S.Na/c1-2-3-7(4,5)6;/h(H,4,5,6);/q;+1/p-1. The molecule has 0 aliphatic carbocycles. The van der Waals surface area contributed by atoms with Crippen LogP contribution >= 0.6 is 0 Å². The second-order valence-electron chi connectivity index (χ2n) is 0.599. The van der Waals surface area contributed by atoms with Crippen molar-refractivity contribution in [1.29, 1.82) is 0 Å². The van der Waals surface area contributed by atoms with Gasteiger partial charge in [-0.3, -0.25) is 0 Å². The Morgan fingerprint density at radius 2 is 2.00 bits per heavy atom. The molecule has 0 aromatic heterocycles. The molecule has 6 nitrogen and oxygen atoms in total. The van der Waals surface area contributed by atoms with Crippen LogP contribution < -0.4 is 29.6 Å². The first-order valence-corrected chi connectivity index (χ1v) is 2.45. The first kappa shape index (κ1) is 11.1. The van der Waals surface area contributed by atoms with E-state index in [4.69, 9.17) is 5.53 Å². The van der Waals surface area contributed by atoms with Gasteiger partial charge >= 0.3 is 29.6 Å². The van der Waals surface area contributed by atoms with Gasteiger partial charge in [0.25, 0.3) is 0 Å². The maximum Gasteiger partial charge on any atom is 1.00 e. The van der Waals surface area contributed by atoms with Crippen LogP contribution in [0.1, 0.15) is 0 Å². The van der Waals surface area contributed by atoms with E-state index in [0.29, 0.717) is 0 Å². The van der Waals surface area contributed by atoms with E-state index in [9.17, 15) is 13.0 Å². The molecule has 40 valence electrons. The Labute approximate surface area is 67.7 Å². The zero-order valence-corrected chi connectivity index (χ0v) is 6.79. The van der Waals surface area contributed by atoms with Crippen LogP contribution in [0.25, 0.3) is 10.4 Å². The van der Waals surface area contributed by atoms with Crippen molar-refractivity contribution in [2.45, 2.75) is 0 Å². The molecule has 0 aliphatic rings. The van der Waals surface area contributed by atoms with Crippen LogP contribution in [-0.4, -0.2) is 13.0 Å². The molecule has 0 saturated heterocycles. The van der Waals surface area contributed by atoms with Gasteiger partial charge in [0.15, 0.2) is 10.3 Å². The first-order valence-electron chi connectivity index (χ1n) is 1.08. The molecular formula is N3NaO3S. The minimum atomic E-state index is -4.72. The topological polar surface area (TPSA) is 106 Å². The van der Waals surface area contributed by atoms with Crippen molar-refractivity contribution in [2.75, 3.05) is 0 Å². The average molecular weight is 145 g/mol. The molecule has 0 atom stereocenters. The van der Waals surface area contributed by atoms with Gasteiger partial charge < -0.3 is 4.55 Å². The SMILES string of the molecule is [N-]=[N+]=NS(=O)(=O)[O-].[Na+]. The molecule has 0 fully saturated rings. The van der Waals surface area contributed by atoms with E-state index in [1.54, 1.807) is 4.91 Å². The summed E-state index contributed by atoms with van der Waals surface area (Å²) in [6.45, 7) is 0. The third-order valence-electron chi connectivity index (χ3n) is 0.137. The fraction of sp³-hybridized carbons (Fsp3) is 0. The fourth-order valence-electron chi connectivity index (χ4n) is 0.0447. The van der Waals surface area contributed by atoms with Gasteiger partial charge in [0, 0.05) is 9.43 Å². The zero-order chi connectivity index (χ0) is 5.91. The van der Waals surface area contributed by atoms with Gasteiger partial charge in [-0.1, -0.05) is 0 Å². The predicted molar refractivity (Wildman–Crippen MR) is 18.8 cm³/mol. The summed E-state index contributed by atoms with van der Waals surface area (Å²) in [4.78, 5) is 1.73. The van der Waals surface area contributed by atoms with Crippen molar-refractivity contribution in [1.82, 2.24) is 0 Å². The van der Waals surface area contributed by atoms with Crippen molar-refractivity contribution in [3.63, 3.8) is 0 Å². The molecular weight excluding hydrogens is 145 g/mol. The van der Waals surface area contributed by atoms with E-state index in [1.165, 1.54) is 0 Å². The molecule has 0 N–H and O–H groups in total. The number of hydrogen-bond donors (Lipinski definition) is 0. The van der Waals surface area contributed by atoms with Crippen LogP contribution in [0.5, 0.6) is 0 Å². The van der Waals surface area contributed by atoms with Gasteiger partial charge in [-0.15, -0.1) is 0 Å². The fourth-order valence-corrected chi connectivity index (χ4v) is 0.134. The third kappa shape index (κ3) is 9.52. The Kier molecular flexibility index (Phi) is 5.72. The van der Waals surface area contributed by atoms with Crippen molar-refractivity contribution in [3.05, 3.63) is 10.4 Å². The molecule has 0 aromatic carbocycles. The van der Waals surface area contributed by atoms with Crippen LogP contribution in [-0.2, 0) is 10.3 Å². The molecule has 0 aliphatic heterocycles. The number of hydrogen-bond acceptors (Lipinski definition) is 3. The zero-order valence-electron chi connectivity index (χ0n) is 3.97. The summed E-state index contributed by atoms with van der Waals surface area (Å²) in [5.74, 6) is 0. The third-order valence-corrected chi connectivity index (χ3v) is 0.410. The van der Waals surface area contributed by atoms with Crippen molar-refractivity contribution in [2.24, 2.45) is 4.52 Å². The minimum Gasteiger partial charge on any atom is -0.742 e. The first-order chi connectivity index (χ1) is 3.06. The van der Waals surface area contributed by atoms with Gasteiger partial charge in [-0.25, -0.2) is 8.42 Å².